The molecule has 0 radical (unpaired) electrons. The fraction of sp³-hybridized carbons (Fsp3) is 0.357. The number of carbonyl (C=O) groups is 1. The van der Waals surface area contributed by atoms with E-state index < -0.39 is 0 Å². The van der Waals surface area contributed by atoms with Gasteiger partial charge >= 0.3 is 0 Å². The van der Waals surface area contributed by atoms with Gasteiger partial charge in [-0.1, -0.05) is 10.3 Å². The Kier molecular flexibility index (Phi) is 3.68. The second kappa shape index (κ2) is 5.67. The highest BCUT2D eigenvalue weighted by molar-refractivity contribution is 5.96. The van der Waals surface area contributed by atoms with Gasteiger partial charge in [0.25, 0.3) is 5.91 Å². The summed E-state index contributed by atoms with van der Waals surface area (Å²) in [6.07, 6.45) is 0. The van der Waals surface area contributed by atoms with Gasteiger partial charge in [-0.3, -0.25) is 9.48 Å². The van der Waals surface area contributed by atoms with Gasteiger partial charge < -0.3 is 14.4 Å². The Morgan fingerprint density at radius 1 is 1.26 bits per heavy atom. The zero-order valence-corrected chi connectivity index (χ0v) is 13.2. The van der Waals surface area contributed by atoms with Crippen LogP contribution in [0.3, 0.4) is 0 Å². The normalized spacial score (nSPS) is 11.0. The van der Waals surface area contributed by atoms with Crippen molar-refractivity contribution in [2.45, 2.75) is 27.3 Å². The molecule has 0 aromatic carbocycles. The van der Waals surface area contributed by atoms with Crippen molar-refractivity contribution in [3.63, 3.8) is 0 Å². The number of amides is 1. The van der Waals surface area contributed by atoms with Crippen LogP contribution in [0.2, 0.25) is 0 Å². The molecular weight excluding hydrogens is 300 g/mol. The van der Waals surface area contributed by atoms with Crippen LogP contribution in [-0.2, 0) is 13.6 Å². The molecule has 0 spiro atoms. The number of carbonyl (C=O) groups excluding carboxylic acids is 1. The number of hydrogen-bond acceptors (Lipinski definition) is 7. The molecule has 3 aromatic heterocycles. The van der Waals surface area contributed by atoms with Gasteiger partial charge in [0.15, 0.2) is 5.69 Å². The molecule has 120 valence electrons. The van der Waals surface area contributed by atoms with Crippen LogP contribution in [0.5, 0.6) is 0 Å². The molecule has 0 aliphatic carbocycles. The Balaban J connectivity index is 1.69. The van der Waals surface area contributed by atoms with Crippen LogP contribution in [0.4, 0.5) is 0 Å². The van der Waals surface area contributed by atoms with Gasteiger partial charge in [0.05, 0.1) is 17.8 Å². The van der Waals surface area contributed by atoms with E-state index in [1.807, 2.05) is 6.92 Å². The quantitative estimate of drug-likeness (QED) is 0.772. The molecule has 0 saturated carbocycles. The topological polar surface area (TPSA) is 112 Å². The lowest BCUT2D eigenvalue weighted by Crippen LogP contribution is -2.24. The highest BCUT2D eigenvalue weighted by Crippen LogP contribution is 2.15. The standard InChI is InChI=1S/C14H16N6O3/c1-7-5-10(18-22-7)13-16-11(23-19-13)6-15-14(21)12-8(2)17-20(4)9(12)3/h5H,6H2,1-4H3,(H,15,21). The van der Waals surface area contributed by atoms with Gasteiger partial charge in [0, 0.05) is 18.8 Å². The lowest BCUT2D eigenvalue weighted by molar-refractivity contribution is 0.0945. The summed E-state index contributed by atoms with van der Waals surface area (Å²) in [4.78, 5) is 16.4. The summed E-state index contributed by atoms with van der Waals surface area (Å²) in [5.74, 6) is 1.03. The predicted octanol–water partition coefficient (Wildman–Crippen LogP) is 1.31. The molecule has 3 heterocycles. The van der Waals surface area contributed by atoms with Gasteiger partial charge in [-0.15, -0.1) is 0 Å². The molecule has 23 heavy (non-hydrogen) atoms. The van der Waals surface area contributed by atoms with E-state index in [-0.39, 0.29) is 18.3 Å². The fourth-order valence-electron chi connectivity index (χ4n) is 2.25. The average Bonchev–Trinajstić information content (AvgIpc) is 3.18. The molecule has 0 aliphatic heterocycles. The summed E-state index contributed by atoms with van der Waals surface area (Å²) < 4.78 is 11.7. The van der Waals surface area contributed by atoms with Gasteiger partial charge in [0.2, 0.25) is 11.7 Å². The van der Waals surface area contributed by atoms with Crippen LogP contribution in [0.25, 0.3) is 11.5 Å². The van der Waals surface area contributed by atoms with Crippen LogP contribution in [0.1, 0.15) is 33.4 Å². The first-order chi connectivity index (χ1) is 11.0. The molecule has 0 unspecified atom stereocenters. The minimum absolute atomic E-state index is 0.121. The maximum absolute atomic E-state index is 12.3. The van der Waals surface area contributed by atoms with Crippen molar-refractivity contribution in [1.29, 1.82) is 0 Å². The van der Waals surface area contributed by atoms with E-state index in [0.717, 1.165) is 5.69 Å². The van der Waals surface area contributed by atoms with Gasteiger partial charge in [-0.25, -0.2) is 0 Å². The number of hydrogen-bond donors (Lipinski definition) is 1. The van der Waals surface area contributed by atoms with E-state index >= 15 is 0 Å². The Morgan fingerprint density at radius 2 is 2.04 bits per heavy atom. The summed E-state index contributed by atoms with van der Waals surface area (Å²) in [6.45, 7) is 5.53. The summed E-state index contributed by atoms with van der Waals surface area (Å²) in [7, 11) is 1.79. The number of aromatic nitrogens is 5. The number of nitrogens with one attached hydrogen (secondary N) is 1. The SMILES string of the molecule is Cc1cc(-c2noc(CNC(=O)c3c(C)nn(C)c3C)n2)no1. The monoisotopic (exact) mass is 316 g/mol. The largest absolute Gasteiger partial charge is 0.361 e. The van der Waals surface area contributed by atoms with Crippen LogP contribution < -0.4 is 5.32 Å². The second-order valence-corrected chi connectivity index (χ2v) is 5.19. The maximum atomic E-state index is 12.3. The molecule has 0 fully saturated rings. The Labute approximate surface area is 131 Å². The summed E-state index contributed by atoms with van der Waals surface area (Å²) >= 11 is 0. The van der Waals surface area contributed by atoms with Crippen molar-refractivity contribution in [2.24, 2.45) is 7.05 Å². The average molecular weight is 316 g/mol. The highest BCUT2D eigenvalue weighted by atomic mass is 16.5. The Hall–Kier alpha value is -2.97. The third-order valence-electron chi connectivity index (χ3n) is 3.46. The first-order valence-electron chi connectivity index (χ1n) is 7.00. The molecule has 1 N–H and O–H groups in total. The molecule has 3 rings (SSSR count). The summed E-state index contributed by atoms with van der Waals surface area (Å²) in [5, 5.41) is 14.6. The third kappa shape index (κ3) is 2.85. The first kappa shape index (κ1) is 14.9. The van der Waals surface area contributed by atoms with E-state index in [1.54, 1.807) is 31.6 Å². The smallest absolute Gasteiger partial charge is 0.255 e. The predicted molar refractivity (Wildman–Crippen MR) is 78.4 cm³/mol. The molecule has 0 saturated heterocycles. The minimum Gasteiger partial charge on any atom is -0.361 e. The molecule has 3 aromatic rings. The van der Waals surface area contributed by atoms with Crippen molar-refractivity contribution >= 4 is 5.91 Å². The number of rotatable bonds is 4. The molecule has 0 atom stereocenters. The van der Waals surface area contributed by atoms with Crippen LogP contribution in [0, 0.1) is 20.8 Å². The fourth-order valence-corrected chi connectivity index (χ4v) is 2.25. The van der Waals surface area contributed by atoms with Crippen LogP contribution in [0.15, 0.2) is 15.1 Å². The molecule has 0 bridgehead atoms. The zero-order valence-electron chi connectivity index (χ0n) is 13.2. The lowest BCUT2D eigenvalue weighted by Gasteiger charge is -2.02. The van der Waals surface area contributed by atoms with Gasteiger partial charge in [0.1, 0.15) is 5.76 Å². The summed E-state index contributed by atoms with van der Waals surface area (Å²) in [6, 6.07) is 1.70. The van der Waals surface area contributed by atoms with E-state index in [9.17, 15) is 4.79 Å². The molecule has 1 amide bonds. The van der Waals surface area contributed by atoms with E-state index in [4.69, 9.17) is 9.05 Å². The third-order valence-corrected chi connectivity index (χ3v) is 3.46. The molecule has 0 aliphatic rings. The van der Waals surface area contributed by atoms with Gasteiger partial charge in [-0.05, 0) is 20.8 Å². The van der Waals surface area contributed by atoms with E-state index in [0.29, 0.717) is 28.5 Å². The molecule has 9 nitrogen and oxygen atoms in total. The van der Waals surface area contributed by atoms with Crippen molar-refractivity contribution in [3.05, 3.63) is 34.7 Å². The highest BCUT2D eigenvalue weighted by Gasteiger charge is 2.18. The molecular formula is C14H16N6O3. The van der Waals surface area contributed by atoms with E-state index in [2.05, 4.69) is 25.7 Å². The van der Waals surface area contributed by atoms with E-state index in [1.165, 1.54) is 0 Å². The number of nitrogens with zero attached hydrogens (tertiary/aromatic N) is 5. The zero-order chi connectivity index (χ0) is 16.6. The van der Waals surface area contributed by atoms with Crippen molar-refractivity contribution < 1.29 is 13.8 Å². The van der Waals surface area contributed by atoms with Crippen molar-refractivity contribution in [1.82, 2.24) is 30.4 Å². The van der Waals surface area contributed by atoms with Crippen LogP contribution >= 0.6 is 0 Å². The van der Waals surface area contributed by atoms with Crippen molar-refractivity contribution in [2.75, 3.05) is 0 Å². The van der Waals surface area contributed by atoms with Crippen LogP contribution in [-0.4, -0.2) is 31.0 Å². The number of aryl methyl sites for hydroxylation is 3. The minimum atomic E-state index is -0.231. The first-order valence-corrected chi connectivity index (χ1v) is 7.00. The Bertz CT molecular complexity index is 860. The second-order valence-electron chi connectivity index (χ2n) is 5.19. The summed E-state index contributed by atoms with van der Waals surface area (Å²) in [5.41, 5.74) is 2.51. The molecule has 9 heteroatoms. The van der Waals surface area contributed by atoms with Crippen molar-refractivity contribution in [3.8, 4) is 11.5 Å². The maximum Gasteiger partial charge on any atom is 0.255 e. The van der Waals surface area contributed by atoms with Gasteiger partial charge in [-0.2, -0.15) is 10.1 Å². The lowest BCUT2D eigenvalue weighted by atomic mass is 10.2. The Morgan fingerprint density at radius 3 is 2.65 bits per heavy atom.